The third-order valence-electron chi connectivity index (χ3n) is 5.46. The van der Waals surface area contributed by atoms with Crippen molar-refractivity contribution in [3.8, 4) is 5.82 Å². The minimum atomic E-state index is -5.10. The Kier molecular flexibility index (Phi) is 7.60. The minimum absolute atomic E-state index is 0.0612. The average Bonchev–Trinajstić information content (AvgIpc) is 3.31. The van der Waals surface area contributed by atoms with Crippen molar-refractivity contribution in [2.75, 3.05) is 7.05 Å². The Morgan fingerprint density at radius 2 is 1.49 bits per heavy atom. The largest absolute Gasteiger partial charge is 0.416 e. The SMILES string of the molecule is CC(NC(=O)c1cc(C(F)(F)F)cc(C(F)(F)F)c1)c1nccnc1-n1cc(C(=O)N(C)C(C)C)cn1. The number of benzene rings is 1. The van der Waals surface area contributed by atoms with Crippen molar-refractivity contribution in [2.24, 2.45) is 0 Å². The van der Waals surface area contributed by atoms with Crippen LogP contribution >= 0.6 is 0 Å². The maximum atomic E-state index is 13.2. The fraction of sp³-hybridized carbons (Fsp3) is 0.348. The Morgan fingerprint density at radius 1 is 0.919 bits per heavy atom. The van der Waals surface area contributed by atoms with Gasteiger partial charge in [-0.1, -0.05) is 0 Å². The van der Waals surface area contributed by atoms with Crippen LogP contribution in [-0.2, 0) is 12.4 Å². The first kappa shape index (κ1) is 27.6. The number of hydrogen-bond acceptors (Lipinski definition) is 5. The van der Waals surface area contributed by atoms with Crippen LogP contribution in [0.2, 0.25) is 0 Å². The van der Waals surface area contributed by atoms with Crippen molar-refractivity contribution < 1.29 is 35.9 Å². The highest BCUT2D eigenvalue weighted by Gasteiger charge is 2.37. The number of carbonyl (C=O) groups is 2. The molecule has 1 atom stereocenters. The van der Waals surface area contributed by atoms with Gasteiger partial charge < -0.3 is 10.2 Å². The molecule has 0 saturated carbocycles. The number of halogens is 6. The van der Waals surface area contributed by atoms with E-state index in [1.807, 2.05) is 13.8 Å². The number of aromatic nitrogens is 4. The summed E-state index contributed by atoms with van der Waals surface area (Å²) in [5.74, 6) is -1.39. The first-order valence-electron chi connectivity index (χ1n) is 10.8. The van der Waals surface area contributed by atoms with Gasteiger partial charge in [0.15, 0.2) is 5.82 Å². The highest BCUT2D eigenvalue weighted by Crippen LogP contribution is 2.36. The maximum absolute atomic E-state index is 13.2. The summed E-state index contributed by atoms with van der Waals surface area (Å²) in [5, 5.41) is 6.46. The van der Waals surface area contributed by atoms with Crippen LogP contribution in [0.25, 0.3) is 5.82 Å². The number of amides is 2. The lowest BCUT2D eigenvalue weighted by Gasteiger charge is -2.20. The quantitative estimate of drug-likeness (QED) is 0.470. The van der Waals surface area contributed by atoms with Gasteiger partial charge >= 0.3 is 12.4 Å². The molecule has 0 aliphatic carbocycles. The summed E-state index contributed by atoms with van der Waals surface area (Å²) in [7, 11) is 1.62. The maximum Gasteiger partial charge on any atom is 0.416 e. The second kappa shape index (κ2) is 10.2. The van der Waals surface area contributed by atoms with E-state index in [-0.39, 0.29) is 35.1 Å². The zero-order chi connectivity index (χ0) is 27.7. The molecule has 0 radical (unpaired) electrons. The van der Waals surface area contributed by atoms with Gasteiger partial charge in [-0.3, -0.25) is 14.6 Å². The Balaban J connectivity index is 1.91. The van der Waals surface area contributed by atoms with Gasteiger partial charge in [0.25, 0.3) is 11.8 Å². The molecule has 0 spiro atoms. The number of nitrogens with one attached hydrogen (secondary N) is 1. The van der Waals surface area contributed by atoms with Crippen molar-refractivity contribution in [1.29, 1.82) is 0 Å². The first-order chi connectivity index (χ1) is 17.1. The summed E-state index contributed by atoms with van der Waals surface area (Å²) in [4.78, 5) is 35.1. The molecule has 37 heavy (non-hydrogen) atoms. The van der Waals surface area contributed by atoms with Crippen LogP contribution in [0.4, 0.5) is 26.3 Å². The summed E-state index contributed by atoms with van der Waals surface area (Å²) in [6, 6.07) is -0.473. The molecule has 198 valence electrons. The van der Waals surface area contributed by atoms with E-state index in [9.17, 15) is 35.9 Å². The van der Waals surface area contributed by atoms with Gasteiger partial charge in [0.1, 0.15) is 5.69 Å². The molecule has 2 amide bonds. The molecule has 0 bridgehead atoms. The van der Waals surface area contributed by atoms with Gasteiger partial charge in [0, 0.05) is 37.2 Å². The van der Waals surface area contributed by atoms with Gasteiger partial charge in [-0.15, -0.1) is 0 Å². The molecule has 8 nitrogen and oxygen atoms in total. The van der Waals surface area contributed by atoms with Crippen LogP contribution in [0.15, 0.2) is 43.0 Å². The van der Waals surface area contributed by atoms with E-state index in [2.05, 4.69) is 20.4 Å². The summed E-state index contributed by atoms with van der Waals surface area (Å²) in [5.41, 5.74) is -3.70. The lowest BCUT2D eigenvalue weighted by Crippen LogP contribution is -2.32. The lowest BCUT2D eigenvalue weighted by molar-refractivity contribution is -0.143. The summed E-state index contributed by atoms with van der Waals surface area (Å²) >= 11 is 0. The third kappa shape index (κ3) is 6.24. The highest BCUT2D eigenvalue weighted by molar-refractivity contribution is 5.95. The first-order valence-corrected chi connectivity index (χ1v) is 10.8. The zero-order valence-corrected chi connectivity index (χ0v) is 20.0. The van der Waals surface area contributed by atoms with E-state index < -0.39 is 41.0 Å². The molecule has 3 aromatic rings. The third-order valence-corrected chi connectivity index (χ3v) is 5.46. The molecular weight excluding hydrogens is 506 g/mol. The molecule has 1 N–H and O–H groups in total. The van der Waals surface area contributed by atoms with Gasteiger partial charge in [0.2, 0.25) is 0 Å². The van der Waals surface area contributed by atoms with Crippen molar-refractivity contribution in [1.82, 2.24) is 30.0 Å². The molecular formula is C23H22F6N6O2. The van der Waals surface area contributed by atoms with Crippen molar-refractivity contribution in [3.63, 3.8) is 0 Å². The molecule has 3 rings (SSSR count). The van der Waals surface area contributed by atoms with Crippen LogP contribution in [0.3, 0.4) is 0 Å². The van der Waals surface area contributed by atoms with Gasteiger partial charge in [-0.2, -0.15) is 31.4 Å². The molecule has 1 unspecified atom stereocenters. The minimum Gasteiger partial charge on any atom is -0.344 e. The van der Waals surface area contributed by atoms with Crippen LogP contribution < -0.4 is 5.32 Å². The normalized spacial score (nSPS) is 12.9. The van der Waals surface area contributed by atoms with Gasteiger partial charge in [-0.05, 0) is 39.0 Å². The van der Waals surface area contributed by atoms with Crippen LogP contribution in [0, 0.1) is 0 Å². The summed E-state index contributed by atoms with van der Waals surface area (Å²) < 4.78 is 80.2. The summed E-state index contributed by atoms with van der Waals surface area (Å²) in [6.45, 7) is 5.08. The van der Waals surface area contributed by atoms with Crippen molar-refractivity contribution >= 4 is 11.8 Å². The molecule has 2 aromatic heterocycles. The van der Waals surface area contributed by atoms with Crippen LogP contribution in [0.5, 0.6) is 0 Å². The Hall–Kier alpha value is -3.97. The molecule has 1 aromatic carbocycles. The Labute approximate surface area is 207 Å². The van der Waals surface area contributed by atoms with Crippen LogP contribution in [-0.4, -0.2) is 49.6 Å². The highest BCUT2D eigenvalue weighted by atomic mass is 19.4. The Morgan fingerprint density at radius 3 is 2.03 bits per heavy atom. The average molecular weight is 528 g/mol. The zero-order valence-electron chi connectivity index (χ0n) is 20.0. The fourth-order valence-corrected chi connectivity index (χ4v) is 3.24. The monoisotopic (exact) mass is 528 g/mol. The second-order valence-electron chi connectivity index (χ2n) is 8.44. The van der Waals surface area contributed by atoms with E-state index in [1.165, 1.54) is 41.3 Å². The second-order valence-corrected chi connectivity index (χ2v) is 8.44. The van der Waals surface area contributed by atoms with E-state index in [0.717, 1.165) is 0 Å². The predicted molar refractivity (Wildman–Crippen MR) is 119 cm³/mol. The number of carbonyl (C=O) groups excluding carboxylic acids is 2. The fourth-order valence-electron chi connectivity index (χ4n) is 3.24. The molecule has 0 aliphatic rings. The molecule has 2 heterocycles. The van der Waals surface area contributed by atoms with Gasteiger partial charge in [0.05, 0.1) is 28.9 Å². The van der Waals surface area contributed by atoms with Crippen molar-refractivity contribution in [2.45, 2.75) is 45.2 Å². The number of alkyl halides is 6. The van der Waals surface area contributed by atoms with Gasteiger partial charge in [-0.25, -0.2) is 9.67 Å². The lowest BCUT2D eigenvalue weighted by atomic mass is 10.0. The van der Waals surface area contributed by atoms with Crippen LogP contribution in [0.1, 0.15) is 64.3 Å². The predicted octanol–water partition coefficient (Wildman–Crippen LogP) is 4.67. The number of hydrogen-bond donors (Lipinski definition) is 1. The molecule has 0 saturated heterocycles. The molecule has 14 heteroatoms. The van der Waals surface area contributed by atoms with Crippen molar-refractivity contribution in [3.05, 3.63) is 70.9 Å². The Bertz CT molecular complexity index is 1270. The van der Waals surface area contributed by atoms with E-state index in [1.54, 1.807) is 7.05 Å². The van der Waals surface area contributed by atoms with E-state index >= 15 is 0 Å². The molecule has 0 aliphatic heterocycles. The number of rotatable bonds is 6. The van der Waals surface area contributed by atoms with E-state index in [4.69, 9.17) is 0 Å². The number of nitrogens with zero attached hydrogens (tertiary/aromatic N) is 5. The standard InChI is InChI=1S/C23H22F6N6O2/c1-12(2)34(4)21(37)15-10-32-35(11-15)19-18(30-5-6-31-19)13(3)33-20(36)14-7-16(22(24,25)26)9-17(8-14)23(27,28)29/h5-13H,1-4H3,(H,33,36). The molecule has 0 fully saturated rings. The van der Waals surface area contributed by atoms with E-state index in [0.29, 0.717) is 12.1 Å². The topological polar surface area (TPSA) is 93.0 Å². The smallest absolute Gasteiger partial charge is 0.344 e. The summed E-state index contributed by atoms with van der Waals surface area (Å²) in [6.07, 6.45) is -4.89.